The summed E-state index contributed by atoms with van der Waals surface area (Å²) >= 11 is 0. The lowest BCUT2D eigenvalue weighted by atomic mass is 9.78. The van der Waals surface area contributed by atoms with Gasteiger partial charge in [0.1, 0.15) is 0 Å². The molecule has 0 radical (unpaired) electrons. The second-order valence-electron chi connectivity index (χ2n) is 8.34. The van der Waals surface area contributed by atoms with E-state index in [0.29, 0.717) is 11.8 Å². The third-order valence-corrected chi connectivity index (χ3v) is 8.15. The number of aromatic nitrogens is 2. The molecule has 6 nitrogen and oxygen atoms in total. The van der Waals surface area contributed by atoms with Crippen LogP contribution in [0, 0.1) is 5.41 Å². The van der Waals surface area contributed by atoms with Gasteiger partial charge in [0.25, 0.3) is 0 Å². The van der Waals surface area contributed by atoms with Crippen molar-refractivity contribution in [3.63, 3.8) is 0 Å². The third kappa shape index (κ3) is 3.13. The first-order valence-corrected chi connectivity index (χ1v) is 10.9. The van der Waals surface area contributed by atoms with Crippen molar-refractivity contribution in [2.24, 2.45) is 5.41 Å². The standard InChI is InChI=1S/C17H28N4O2S/c1-16(5-9-24(22,23)14-16)21-12-15(10-19-21)11-20-8-4-17(13-20)2-6-18-7-3-17/h10,12,18H,2-9,11,13-14H2,1H3. The second-order valence-corrected chi connectivity index (χ2v) is 10.5. The van der Waals surface area contributed by atoms with Gasteiger partial charge < -0.3 is 5.32 Å². The quantitative estimate of drug-likeness (QED) is 0.879. The number of sulfone groups is 1. The van der Waals surface area contributed by atoms with E-state index in [1.165, 1.54) is 31.4 Å². The van der Waals surface area contributed by atoms with Crippen LogP contribution in [0.25, 0.3) is 0 Å². The summed E-state index contributed by atoms with van der Waals surface area (Å²) in [6.07, 6.45) is 8.53. The number of piperidine rings is 1. The Labute approximate surface area is 144 Å². The molecule has 1 aromatic heterocycles. The van der Waals surface area contributed by atoms with Gasteiger partial charge in [-0.25, -0.2) is 8.42 Å². The van der Waals surface area contributed by atoms with E-state index in [0.717, 1.165) is 26.2 Å². The van der Waals surface area contributed by atoms with Gasteiger partial charge in [-0.05, 0) is 57.7 Å². The fourth-order valence-corrected chi connectivity index (χ4v) is 6.82. The molecule has 7 heteroatoms. The molecule has 134 valence electrons. The Morgan fingerprint density at radius 2 is 2.04 bits per heavy atom. The van der Waals surface area contributed by atoms with E-state index in [1.54, 1.807) is 0 Å². The lowest BCUT2D eigenvalue weighted by Crippen LogP contribution is -2.38. The molecule has 0 saturated carbocycles. The summed E-state index contributed by atoms with van der Waals surface area (Å²) in [5, 5.41) is 7.96. The zero-order valence-electron chi connectivity index (χ0n) is 14.5. The van der Waals surface area contributed by atoms with Crippen molar-refractivity contribution < 1.29 is 8.42 Å². The molecule has 3 aliphatic rings. The Bertz CT molecular complexity index is 708. The fraction of sp³-hybridized carbons (Fsp3) is 0.824. The molecule has 1 aromatic rings. The van der Waals surface area contributed by atoms with Crippen molar-refractivity contribution in [1.82, 2.24) is 20.0 Å². The van der Waals surface area contributed by atoms with E-state index >= 15 is 0 Å². The first-order chi connectivity index (χ1) is 11.4. The van der Waals surface area contributed by atoms with E-state index in [9.17, 15) is 8.42 Å². The highest BCUT2D eigenvalue weighted by Gasteiger charge is 2.41. The van der Waals surface area contributed by atoms with Crippen LogP contribution in [0.2, 0.25) is 0 Å². The van der Waals surface area contributed by atoms with Crippen LogP contribution in [0.5, 0.6) is 0 Å². The van der Waals surface area contributed by atoms with Crippen LogP contribution in [0.15, 0.2) is 12.4 Å². The number of nitrogens with one attached hydrogen (secondary N) is 1. The Morgan fingerprint density at radius 3 is 2.75 bits per heavy atom. The number of hydrogen-bond acceptors (Lipinski definition) is 5. The zero-order valence-corrected chi connectivity index (χ0v) is 15.3. The maximum absolute atomic E-state index is 11.8. The summed E-state index contributed by atoms with van der Waals surface area (Å²) in [4.78, 5) is 2.54. The highest BCUT2D eigenvalue weighted by molar-refractivity contribution is 7.91. The lowest BCUT2D eigenvalue weighted by molar-refractivity contribution is 0.194. The van der Waals surface area contributed by atoms with Crippen LogP contribution < -0.4 is 5.32 Å². The Morgan fingerprint density at radius 1 is 1.25 bits per heavy atom. The van der Waals surface area contributed by atoms with Gasteiger partial charge in [0, 0.05) is 24.8 Å². The summed E-state index contributed by atoms with van der Waals surface area (Å²) in [6.45, 7) is 7.59. The lowest BCUT2D eigenvalue weighted by Gasteiger charge is -2.33. The van der Waals surface area contributed by atoms with Gasteiger partial charge in [0.2, 0.25) is 0 Å². The summed E-state index contributed by atoms with van der Waals surface area (Å²) < 4.78 is 25.5. The monoisotopic (exact) mass is 352 g/mol. The molecule has 0 amide bonds. The second kappa shape index (κ2) is 5.81. The topological polar surface area (TPSA) is 67.2 Å². The Hall–Kier alpha value is -0.920. The minimum Gasteiger partial charge on any atom is -0.317 e. The molecule has 3 saturated heterocycles. The normalized spacial score (nSPS) is 32.5. The Balaban J connectivity index is 1.41. The van der Waals surface area contributed by atoms with Crippen LogP contribution in [-0.2, 0) is 21.9 Å². The van der Waals surface area contributed by atoms with Crippen LogP contribution in [0.3, 0.4) is 0 Å². The van der Waals surface area contributed by atoms with E-state index in [-0.39, 0.29) is 17.0 Å². The molecule has 4 rings (SSSR count). The highest BCUT2D eigenvalue weighted by Crippen LogP contribution is 2.39. The molecule has 24 heavy (non-hydrogen) atoms. The summed E-state index contributed by atoms with van der Waals surface area (Å²) in [6, 6.07) is 0. The van der Waals surface area contributed by atoms with E-state index in [1.807, 2.05) is 17.8 Å². The summed E-state index contributed by atoms with van der Waals surface area (Å²) in [5.74, 6) is 0.488. The molecule has 1 N–H and O–H groups in total. The van der Waals surface area contributed by atoms with Gasteiger partial charge in [0.05, 0.1) is 23.2 Å². The van der Waals surface area contributed by atoms with E-state index < -0.39 is 9.84 Å². The maximum atomic E-state index is 11.8. The molecule has 1 unspecified atom stereocenters. The molecule has 0 bridgehead atoms. The molecule has 0 aromatic carbocycles. The van der Waals surface area contributed by atoms with Crippen molar-refractivity contribution in [2.45, 2.75) is 44.7 Å². The van der Waals surface area contributed by atoms with Crippen LogP contribution >= 0.6 is 0 Å². The molecule has 3 aliphatic heterocycles. The summed E-state index contributed by atoms with van der Waals surface area (Å²) in [7, 11) is -2.91. The summed E-state index contributed by atoms with van der Waals surface area (Å²) in [5.41, 5.74) is 1.34. The third-order valence-electron chi connectivity index (χ3n) is 6.26. The zero-order chi connectivity index (χ0) is 16.8. The van der Waals surface area contributed by atoms with Gasteiger partial charge in [0.15, 0.2) is 9.84 Å². The molecular formula is C17H28N4O2S. The van der Waals surface area contributed by atoms with Gasteiger partial charge in [-0.15, -0.1) is 0 Å². The smallest absolute Gasteiger partial charge is 0.152 e. The number of rotatable bonds is 3. The van der Waals surface area contributed by atoms with Crippen molar-refractivity contribution >= 4 is 9.84 Å². The predicted molar refractivity (Wildman–Crippen MR) is 93.6 cm³/mol. The van der Waals surface area contributed by atoms with Gasteiger partial charge in [-0.3, -0.25) is 9.58 Å². The Kier molecular flexibility index (Phi) is 4.01. The van der Waals surface area contributed by atoms with Gasteiger partial charge >= 0.3 is 0 Å². The van der Waals surface area contributed by atoms with Crippen molar-refractivity contribution in [1.29, 1.82) is 0 Å². The minimum absolute atomic E-state index is 0.209. The average molecular weight is 353 g/mol. The number of nitrogens with zero attached hydrogens (tertiary/aromatic N) is 3. The van der Waals surface area contributed by atoms with E-state index in [4.69, 9.17) is 0 Å². The number of hydrogen-bond donors (Lipinski definition) is 1. The van der Waals surface area contributed by atoms with Crippen molar-refractivity contribution in [3.05, 3.63) is 18.0 Å². The predicted octanol–water partition coefficient (Wildman–Crippen LogP) is 0.992. The minimum atomic E-state index is -2.91. The molecule has 3 fully saturated rings. The molecule has 1 spiro atoms. The molecule has 4 heterocycles. The molecule has 0 aliphatic carbocycles. The molecular weight excluding hydrogens is 324 g/mol. The van der Waals surface area contributed by atoms with Crippen molar-refractivity contribution in [2.75, 3.05) is 37.7 Å². The largest absolute Gasteiger partial charge is 0.317 e. The maximum Gasteiger partial charge on any atom is 0.152 e. The van der Waals surface area contributed by atoms with Crippen molar-refractivity contribution in [3.8, 4) is 0 Å². The van der Waals surface area contributed by atoms with Crippen LogP contribution in [-0.4, -0.2) is 60.8 Å². The number of likely N-dealkylation sites (tertiary alicyclic amines) is 1. The van der Waals surface area contributed by atoms with Crippen LogP contribution in [0.1, 0.15) is 38.2 Å². The molecule has 1 atom stereocenters. The van der Waals surface area contributed by atoms with Gasteiger partial charge in [-0.1, -0.05) is 0 Å². The van der Waals surface area contributed by atoms with Gasteiger partial charge in [-0.2, -0.15) is 5.10 Å². The first-order valence-electron chi connectivity index (χ1n) is 9.06. The first kappa shape index (κ1) is 16.5. The van der Waals surface area contributed by atoms with E-state index in [2.05, 4.69) is 21.5 Å². The fourth-order valence-electron chi connectivity index (χ4n) is 4.70. The SMILES string of the molecule is CC1(n2cc(CN3CCC4(CCNCC4)C3)cn2)CCS(=O)(=O)C1. The highest BCUT2D eigenvalue weighted by atomic mass is 32.2. The average Bonchev–Trinajstić information content (AvgIpc) is 3.21. The van der Waals surface area contributed by atoms with Crippen LogP contribution in [0.4, 0.5) is 0 Å².